The van der Waals surface area contributed by atoms with Crippen molar-refractivity contribution in [1.82, 2.24) is 0 Å². The quantitative estimate of drug-likeness (QED) is 0.689. The van der Waals surface area contributed by atoms with E-state index in [9.17, 15) is 4.79 Å². The fourth-order valence-electron chi connectivity index (χ4n) is 3.86. The van der Waals surface area contributed by atoms with Gasteiger partial charge in [-0.15, -0.1) is 0 Å². The van der Waals surface area contributed by atoms with Crippen molar-refractivity contribution in [2.75, 3.05) is 0 Å². The second-order valence-corrected chi connectivity index (χ2v) is 5.32. The van der Waals surface area contributed by atoms with Gasteiger partial charge in [-0.1, -0.05) is 30.3 Å². The first-order valence-electron chi connectivity index (χ1n) is 6.40. The third kappa shape index (κ3) is 1.50. The predicted octanol–water partition coefficient (Wildman–Crippen LogP) is 3.41. The number of hydrogen-bond acceptors (Lipinski definition) is 1. The van der Waals surface area contributed by atoms with E-state index >= 15 is 0 Å². The lowest BCUT2D eigenvalue weighted by Gasteiger charge is -2.46. The molecule has 4 rings (SSSR count). The van der Waals surface area contributed by atoms with E-state index in [4.69, 9.17) is 0 Å². The summed E-state index contributed by atoms with van der Waals surface area (Å²) in [6.45, 7) is 0. The van der Waals surface area contributed by atoms with Crippen molar-refractivity contribution in [3.63, 3.8) is 0 Å². The van der Waals surface area contributed by atoms with E-state index in [1.165, 1.54) is 37.5 Å². The number of hydrogen-bond donors (Lipinski definition) is 0. The minimum absolute atomic E-state index is 0.287. The topological polar surface area (TPSA) is 17.1 Å². The molecule has 1 aromatic rings. The van der Waals surface area contributed by atoms with Crippen molar-refractivity contribution in [3.8, 4) is 0 Å². The Kier molecular flexibility index (Phi) is 2.55. The van der Waals surface area contributed by atoms with Crippen molar-refractivity contribution in [2.45, 2.75) is 31.6 Å². The van der Waals surface area contributed by atoms with Crippen LogP contribution in [0.3, 0.4) is 0 Å². The second kappa shape index (κ2) is 4.04. The van der Waals surface area contributed by atoms with Crippen LogP contribution in [-0.4, -0.2) is 6.29 Å². The van der Waals surface area contributed by atoms with Crippen LogP contribution in [0.25, 0.3) is 0 Å². The van der Waals surface area contributed by atoms with E-state index in [2.05, 4.69) is 30.3 Å². The average Bonchev–Trinajstić information content (AvgIpc) is 2.40. The largest absolute Gasteiger partial charge is 0.303 e. The van der Waals surface area contributed by atoms with Crippen molar-refractivity contribution in [3.05, 3.63) is 35.9 Å². The maximum Gasteiger partial charge on any atom is 0.123 e. The average molecular weight is 214 g/mol. The standard InChI is InChI=1S/C15H18O/c16-10-14-11-6-8-13(9-7-11)15(14)12-4-2-1-3-5-12/h1-5,10-11,13-15H,6-9H2/t11?,13?,14-,15-/m0/s1. The third-order valence-electron chi connectivity index (χ3n) is 4.62. The summed E-state index contributed by atoms with van der Waals surface area (Å²) in [5.74, 6) is 2.21. The SMILES string of the molecule is O=C[C@H]1C2CCC(CC2)[C@@H]1c1ccccc1. The molecular weight excluding hydrogens is 196 g/mol. The van der Waals surface area contributed by atoms with Crippen molar-refractivity contribution < 1.29 is 4.79 Å². The molecule has 3 saturated carbocycles. The van der Waals surface area contributed by atoms with Gasteiger partial charge >= 0.3 is 0 Å². The molecule has 1 nitrogen and oxygen atoms in total. The molecule has 84 valence electrons. The zero-order valence-corrected chi connectivity index (χ0v) is 9.51. The predicted molar refractivity (Wildman–Crippen MR) is 64.2 cm³/mol. The number of rotatable bonds is 2. The summed E-state index contributed by atoms with van der Waals surface area (Å²) in [5, 5.41) is 0. The van der Waals surface area contributed by atoms with Gasteiger partial charge in [0.1, 0.15) is 6.29 Å². The van der Waals surface area contributed by atoms with Crippen LogP contribution in [-0.2, 0) is 4.79 Å². The van der Waals surface area contributed by atoms with Gasteiger partial charge in [0.05, 0.1) is 0 Å². The Morgan fingerprint density at radius 1 is 0.938 bits per heavy atom. The molecule has 0 heterocycles. The molecule has 0 saturated heterocycles. The molecular formula is C15H18O. The first-order valence-corrected chi connectivity index (χ1v) is 6.40. The van der Waals surface area contributed by atoms with Gasteiger partial charge < -0.3 is 4.79 Å². The zero-order valence-electron chi connectivity index (χ0n) is 9.51. The monoisotopic (exact) mass is 214 g/mol. The molecule has 1 heteroatoms. The van der Waals surface area contributed by atoms with Gasteiger partial charge in [-0.05, 0) is 49.0 Å². The Labute approximate surface area is 96.9 Å². The first kappa shape index (κ1) is 10.1. The van der Waals surface area contributed by atoms with E-state index in [1.807, 2.05) is 0 Å². The summed E-state index contributed by atoms with van der Waals surface area (Å²) in [4.78, 5) is 11.3. The van der Waals surface area contributed by atoms with Crippen LogP contribution in [0.5, 0.6) is 0 Å². The van der Waals surface area contributed by atoms with Crippen LogP contribution in [0.4, 0.5) is 0 Å². The molecule has 0 amide bonds. The number of benzene rings is 1. The molecule has 3 fully saturated rings. The van der Waals surface area contributed by atoms with E-state index in [0.29, 0.717) is 11.8 Å². The highest BCUT2D eigenvalue weighted by atomic mass is 16.1. The van der Waals surface area contributed by atoms with Gasteiger partial charge in [0.2, 0.25) is 0 Å². The van der Waals surface area contributed by atoms with E-state index in [0.717, 1.165) is 5.92 Å². The van der Waals surface area contributed by atoms with Crippen LogP contribution in [0.1, 0.15) is 37.2 Å². The molecule has 0 aromatic heterocycles. The zero-order chi connectivity index (χ0) is 11.0. The Balaban J connectivity index is 1.96. The van der Waals surface area contributed by atoms with Crippen LogP contribution in [0, 0.1) is 17.8 Å². The fourth-order valence-corrected chi connectivity index (χ4v) is 3.86. The molecule has 0 spiro atoms. The third-order valence-corrected chi connectivity index (χ3v) is 4.62. The lowest BCUT2D eigenvalue weighted by molar-refractivity contribution is -0.116. The number of carbonyl (C=O) groups excluding carboxylic acids is 1. The molecule has 2 bridgehead atoms. The van der Waals surface area contributed by atoms with E-state index < -0.39 is 0 Å². The summed E-state index contributed by atoms with van der Waals surface area (Å²) in [6.07, 6.45) is 6.44. The molecule has 0 aliphatic heterocycles. The number of fused-ring (bicyclic) bond motifs is 3. The molecule has 2 atom stereocenters. The second-order valence-electron chi connectivity index (χ2n) is 5.32. The van der Waals surface area contributed by atoms with Gasteiger partial charge in [-0.3, -0.25) is 0 Å². The highest BCUT2D eigenvalue weighted by Gasteiger charge is 2.43. The number of carbonyl (C=O) groups is 1. The molecule has 3 aliphatic carbocycles. The minimum atomic E-state index is 0.287. The van der Waals surface area contributed by atoms with E-state index in [1.54, 1.807) is 0 Å². The highest BCUT2D eigenvalue weighted by molar-refractivity contribution is 5.57. The van der Waals surface area contributed by atoms with Crippen LogP contribution < -0.4 is 0 Å². The molecule has 16 heavy (non-hydrogen) atoms. The highest BCUT2D eigenvalue weighted by Crippen LogP contribution is 2.52. The molecule has 3 aliphatic rings. The Morgan fingerprint density at radius 3 is 2.19 bits per heavy atom. The maximum absolute atomic E-state index is 11.3. The van der Waals surface area contributed by atoms with Crippen molar-refractivity contribution >= 4 is 6.29 Å². The smallest absolute Gasteiger partial charge is 0.123 e. The van der Waals surface area contributed by atoms with E-state index in [-0.39, 0.29) is 5.92 Å². The minimum Gasteiger partial charge on any atom is -0.303 e. The summed E-state index contributed by atoms with van der Waals surface area (Å²) < 4.78 is 0. The van der Waals surface area contributed by atoms with Crippen LogP contribution in [0.2, 0.25) is 0 Å². The van der Waals surface area contributed by atoms with Gasteiger partial charge in [-0.25, -0.2) is 0 Å². The lowest BCUT2D eigenvalue weighted by atomic mass is 9.57. The van der Waals surface area contributed by atoms with Gasteiger partial charge in [0, 0.05) is 5.92 Å². The van der Waals surface area contributed by atoms with Crippen molar-refractivity contribution in [2.24, 2.45) is 17.8 Å². The first-order chi connectivity index (χ1) is 7.90. The van der Waals surface area contributed by atoms with Gasteiger partial charge in [0.25, 0.3) is 0 Å². The normalized spacial score (nSPS) is 37.2. The van der Waals surface area contributed by atoms with Gasteiger partial charge in [0.15, 0.2) is 0 Å². The van der Waals surface area contributed by atoms with Gasteiger partial charge in [-0.2, -0.15) is 0 Å². The lowest BCUT2D eigenvalue weighted by Crippen LogP contribution is -2.39. The Morgan fingerprint density at radius 2 is 1.56 bits per heavy atom. The molecule has 0 N–H and O–H groups in total. The summed E-state index contributed by atoms with van der Waals surface area (Å²) >= 11 is 0. The Hall–Kier alpha value is -1.11. The van der Waals surface area contributed by atoms with Crippen molar-refractivity contribution in [1.29, 1.82) is 0 Å². The Bertz CT molecular complexity index is 362. The maximum atomic E-state index is 11.3. The molecule has 0 unspecified atom stereocenters. The van der Waals surface area contributed by atoms with Crippen LogP contribution >= 0.6 is 0 Å². The summed E-state index contributed by atoms with van der Waals surface area (Å²) in [5.41, 5.74) is 1.38. The molecule has 0 radical (unpaired) electrons. The summed E-state index contributed by atoms with van der Waals surface area (Å²) in [7, 11) is 0. The summed E-state index contributed by atoms with van der Waals surface area (Å²) in [6, 6.07) is 10.6. The van der Waals surface area contributed by atoms with Crippen LogP contribution in [0.15, 0.2) is 30.3 Å². The molecule has 1 aromatic carbocycles. The fraction of sp³-hybridized carbons (Fsp3) is 0.533. The number of aldehydes is 1.